The predicted octanol–water partition coefficient (Wildman–Crippen LogP) is 6.11. The number of benzene rings is 2. The normalized spacial score (nSPS) is 15.9. The number of nitrogens with zero attached hydrogens (tertiary/aromatic N) is 1. The molecule has 4 rings (SSSR count). The second-order valence-electron chi connectivity index (χ2n) is 5.56. The van der Waals surface area contributed by atoms with Gasteiger partial charge in [0.1, 0.15) is 11.5 Å². The molecule has 3 nitrogen and oxygen atoms in total. The molecule has 1 amide bonds. The third-order valence-electron chi connectivity index (χ3n) is 3.84. The van der Waals surface area contributed by atoms with E-state index in [4.69, 9.17) is 16.6 Å². The molecule has 2 heterocycles. The summed E-state index contributed by atoms with van der Waals surface area (Å²) in [5.41, 5.74) is 1.75. The van der Waals surface area contributed by atoms with Crippen molar-refractivity contribution in [3.8, 4) is 11.3 Å². The van der Waals surface area contributed by atoms with E-state index in [0.29, 0.717) is 15.0 Å². The van der Waals surface area contributed by atoms with E-state index in [0.717, 1.165) is 21.5 Å². The number of furan rings is 1. The minimum absolute atomic E-state index is 0.132. The van der Waals surface area contributed by atoms with Crippen molar-refractivity contribution in [2.45, 2.75) is 0 Å². The molecule has 0 radical (unpaired) electrons. The minimum atomic E-state index is -0.132. The number of anilines is 1. The van der Waals surface area contributed by atoms with Crippen molar-refractivity contribution in [1.82, 2.24) is 0 Å². The zero-order chi connectivity index (χ0) is 18.1. The van der Waals surface area contributed by atoms with Gasteiger partial charge in [-0.3, -0.25) is 9.69 Å². The lowest BCUT2D eigenvalue weighted by molar-refractivity contribution is -0.113. The van der Waals surface area contributed by atoms with Crippen LogP contribution in [0.3, 0.4) is 0 Å². The molecule has 1 saturated heterocycles. The number of halogens is 1. The molecule has 0 aliphatic carbocycles. The Hall–Kier alpha value is -2.15. The summed E-state index contributed by atoms with van der Waals surface area (Å²) in [6, 6.07) is 21.0. The summed E-state index contributed by atoms with van der Waals surface area (Å²) < 4.78 is 7.41. The van der Waals surface area contributed by atoms with E-state index in [1.54, 1.807) is 11.0 Å². The summed E-state index contributed by atoms with van der Waals surface area (Å²) in [7, 11) is 0. The summed E-state index contributed by atoms with van der Waals surface area (Å²) in [6.45, 7) is 0. The minimum Gasteiger partial charge on any atom is -0.457 e. The second-order valence-corrected chi connectivity index (χ2v) is 8.15. The van der Waals surface area contributed by atoms with Crippen LogP contribution in [0.15, 0.2) is 80.5 Å². The molecule has 128 valence electrons. The van der Waals surface area contributed by atoms with Gasteiger partial charge in [0.15, 0.2) is 4.32 Å². The number of hydrogen-bond acceptors (Lipinski definition) is 4. The van der Waals surface area contributed by atoms with Crippen LogP contribution in [0.1, 0.15) is 5.76 Å². The molecule has 0 atom stereocenters. The van der Waals surface area contributed by atoms with Gasteiger partial charge in [-0.05, 0) is 36.4 Å². The molecule has 0 spiro atoms. The van der Waals surface area contributed by atoms with E-state index in [1.165, 1.54) is 11.8 Å². The Balaban J connectivity index is 1.60. The molecule has 0 N–H and O–H groups in total. The number of carbonyl (C=O) groups excluding carboxylic acids is 1. The Bertz CT molecular complexity index is 1010. The van der Waals surface area contributed by atoms with Crippen molar-refractivity contribution in [2.75, 3.05) is 4.90 Å². The average molecular weight is 442 g/mol. The number of thioether (sulfide) groups is 1. The molecule has 6 heteroatoms. The molecule has 1 aliphatic rings. The number of carbonyl (C=O) groups is 1. The highest BCUT2D eigenvalue weighted by molar-refractivity contribution is 9.10. The van der Waals surface area contributed by atoms with Gasteiger partial charge in [0.25, 0.3) is 5.91 Å². The van der Waals surface area contributed by atoms with Crippen LogP contribution in [0, 0.1) is 0 Å². The monoisotopic (exact) mass is 441 g/mol. The Morgan fingerprint density at radius 3 is 2.46 bits per heavy atom. The third-order valence-corrected chi connectivity index (χ3v) is 5.67. The van der Waals surface area contributed by atoms with Gasteiger partial charge in [-0.25, -0.2) is 0 Å². The molecule has 0 saturated carbocycles. The van der Waals surface area contributed by atoms with Gasteiger partial charge in [0.2, 0.25) is 0 Å². The summed E-state index contributed by atoms with van der Waals surface area (Å²) in [4.78, 5) is 14.8. The van der Waals surface area contributed by atoms with Crippen LogP contribution in [-0.4, -0.2) is 10.2 Å². The van der Waals surface area contributed by atoms with E-state index in [1.807, 2.05) is 66.7 Å². The lowest BCUT2D eigenvalue weighted by atomic mass is 10.2. The molecule has 3 aromatic rings. The second kappa shape index (κ2) is 7.23. The maximum atomic E-state index is 12.7. The van der Waals surface area contributed by atoms with Crippen LogP contribution in [0.25, 0.3) is 17.4 Å². The van der Waals surface area contributed by atoms with Crippen LogP contribution in [-0.2, 0) is 4.79 Å². The zero-order valence-corrected chi connectivity index (χ0v) is 16.6. The van der Waals surface area contributed by atoms with E-state index >= 15 is 0 Å². The van der Waals surface area contributed by atoms with Gasteiger partial charge in [-0.1, -0.05) is 70.2 Å². The SMILES string of the molecule is O=C1/C(=C\c2ccc(-c3ccc(Br)cc3)o2)SC(=S)N1c1ccccc1. The average Bonchev–Trinajstić information content (AvgIpc) is 3.21. The topological polar surface area (TPSA) is 33.5 Å². The fourth-order valence-electron chi connectivity index (χ4n) is 2.60. The molecule has 0 unspecified atom stereocenters. The van der Waals surface area contributed by atoms with Crippen LogP contribution in [0.4, 0.5) is 5.69 Å². The number of amides is 1. The standard InChI is InChI=1S/C20H12BrNO2S2/c21-14-8-6-13(7-9-14)17-11-10-16(24-17)12-18-19(23)22(20(25)26-18)15-4-2-1-3-5-15/h1-12H/b18-12+. The molecule has 1 aromatic heterocycles. The fourth-order valence-corrected chi connectivity index (χ4v) is 4.14. The Morgan fingerprint density at radius 2 is 1.73 bits per heavy atom. The molecule has 2 aromatic carbocycles. The van der Waals surface area contributed by atoms with Crippen molar-refractivity contribution < 1.29 is 9.21 Å². The number of thiocarbonyl (C=S) groups is 1. The molecule has 1 fully saturated rings. The highest BCUT2D eigenvalue weighted by atomic mass is 79.9. The van der Waals surface area contributed by atoms with E-state index in [9.17, 15) is 4.79 Å². The molecule has 26 heavy (non-hydrogen) atoms. The first-order valence-electron chi connectivity index (χ1n) is 7.80. The van der Waals surface area contributed by atoms with Crippen molar-refractivity contribution in [1.29, 1.82) is 0 Å². The first kappa shape index (κ1) is 17.3. The number of rotatable bonds is 3. The van der Waals surface area contributed by atoms with Gasteiger partial charge in [0, 0.05) is 16.1 Å². The van der Waals surface area contributed by atoms with Gasteiger partial charge in [-0.2, -0.15) is 0 Å². The van der Waals surface area contributed by atoms with Gasteiger partial charge < -0.3 is 4.42 Å². The summed E-state index contributed by atoms with van der Waals surface area (Å²) in [5.74, 6) is 1.24. The molecule has 0 bridgehead atoms. The Labute approximate surface area is 168 Å². The van der Waals surface area contributed by atoms with Crippen LogP contribution in [0.2, 0.25) is 0 Å². The van der Waals surface area contributed by atoms with Crippen molar-refractivity contribution >= 4 is 61.9 Å². The van der Waals surface area contributed by atoms with Gasteiger partial charge in [0.05, 0.1) is 10.6 Å². The van der Waals surface area contributed by atoms with Crippen LogP contribution < -0.4 is 4.90 Å². The highest BCUT2D eigenvalue weighted by Crippen LogP contribution is 2.36. The van der Waals surface area contributed by atoms with E-state index in [2.05, 4.69) is 15.9 Å². The van der Waals surface area contributed by atoms with Gasteiger partial charge in [-0.15, -0.1) is 0 Å². The quantitative estimate of drug-likeness (QED) is 0.362. The predicted molar refractivity (Wildman–Crippen MR) is 114 cm³/mol. The smallest absolute Gasteiger partial charge is 0.270 e. The van der Waals surface area contributed by atoms with Crippen molar-refractivity contribution in [3.63, 3.8) is 0 Å². The van der Waals surface area contributed by atoms with Crippen molar-refractivity contribution in [3.05, 3.63) is 81.9 Å². The Kier molecular flexibility index (Phi) is 4.80. The van der Waals surface area contributed by atoms with E-state index < -0.39 is 0 Å². The van der Waals surface area contributed by atoms with Crippen molar-refractivity contribution in [2.24, 2.45) is 0 Å². The summed E-state index contributed by atoms with van der Waals surface area (Å²) in [6.07, 6.45) is 1.74. The number of para-hydroxylation sites is 1. The van der Waals surface area contributed by atoms with Crippen LogP contribution >= 0.6 is 39.9 Å². The molecular weight excluding hydrogens is 430 g/mol. The molecular formula is C20H12BrNO2S2. The van der Waals surface area contributed by atoms with E-state index in [-0.39, 0.29) is 5.91 Å². The lowest BCUT2D eigenvalue weighted by Gasteiger charge is -2.13. The Morgan fingerprint density at radius 1 is 1.00 bits per heavy atom. The zero-order valence-electron chi connectivity index (χ0n) is 13.4. The number of hydrogen-bond donors (Lipinski definition) is 0. The lowest BCUT2D eigenvalue weighted by Crippen LogP contribution is -2.27. The maximum absolute atomic E-state index is 12.7. The third kappa shape index (κ3) is 3.40. The first-order valence-corrected chi connectivity index (χ1v) is 9.82. The summed E-state index contributed by atoms with van der Waals surface area (Å²) >= 11 is 10.1. The largest absolute Gasteiger partial charge is 0.457 e. The first-order chi connectivity index (χ1) is 12.6. The van der Waals surface area contributed by atoms with Crippen LogP contribution in [0.5, 0.6) is 0 Å². The summed E-state index contributed by atoms with van der Waals surface area (Å²) in [5, 5.41) is 0. The maximum Gasteiger partial charge on any atom is 0.270 e. The molecule has 1 aliphatic heterocycles. The van der Waals surface area contributed by atoms with Gasteiger partial charge >= 0.3 is 0 Å². The highest BCUT2D eigenvalue weighted by Gasteiger charge is 2.33. The fraction of sp³-hybridized carbons (Fsp3) is 0.